The third kappa shape index (κ3) is 4.79. The molecule has 0 radical (unpaired) electrons. The van der Waals surface area contributed by atoms with E-state index in [1.54, 1.807) is 26.2 Å². The Morgan fingerprint density at radius 1 is 1.29 bits per heavy atom. The van der Waals surface area contributed by atoms with Gasteiger partial charge in [0, 0.05) is 33.6 Å². The fraction of sp³-hybridized carbons (Fsp3) is 0.556. The average Bonchev–Trinajstić information content (AvgIpc) is 2.53. The van der Waals surface area contributed by atoms with Crippen LogP contribution in [-0.4, -0.2) is 64.7 Å². The Bertz CT molecular complexity index is 602. The van der Waals surface area contributed by atoms with Crippen molar-refractivity contribution in [3.05, 3.63) is 35.4 Å². The zero-order chi connectivity index (χ0) is 17.7. The first-order valence-corrected chi connectivity index (χ1v) is 8.27. The van der Waals surface area contributed by atoms with Gasteiger partial charge in [0.1, 0.15) is 0 Å². The SMILES string of the molecule is CN(C)C(=O)CC[C@]1(O)CCCN(Cc2ccccc2C(=O)O)C1. The van der Waals surface area contributed by atoms with E-state index < -0.39 is 11.6 Å². The summed E-state index contributed by atoms with van der Waals surface area (Å²) in [6.45, 7) is 1.77. The highest BCUT2D eigenvalue weighted by Crippen LogP contribution is 2.27. The number of amides is 1. The summed E-state index contributed by atoms with van der Waals surface area (Å²) in [6, 6.07) is 6.95. The van der Waals surface area contributed by atoms with Crippen LogP contribution in [0.2, 0.25) is 0 Å². The lowest BCUT2D eigenvalue weighted by atomic mass is 9.87. The van der Waals surface area contributed by atoms with Gasteiger partial charge in [-0.15, -0.1) is 0 Å². The van der Waals surface area contributed by atoms with Crippen molar-refractivity contribution in [2.45, 2.75) is 37.8 Å². The third-order valence-electron chi connectivity index (χ3n) is 4.58. The number of aliphatic hydroxyl groups is 1. The second kappa shape index (κ2) is 7.77. The number of carbonyl (C=O) groups excluding carboxylic acids is 1. The second-order valence-electron chi connectivity index (χ2n) is 6.79. The molecule has 1 atom stereocenters. The predicted molar refractivity (Wildman–Crippen MR) is 90.8 cm³/mol. The number of carboxylic acid groups (broad SMARTS) is 1. The summed E-state index contributed by atoms with van der Waals surface area (Å²) in [5.41, 5.74) is 0.162. The van der Waals surface area contributed by atoms with Crippen LogP contribution in [0, 0.1) is 0 Å². The quantitative estimate of drug-likeness (QED) is 0.825. The maximum absolute atomic E-state index is 11.8. The first-order valence-electron chi connectivity index (χ1n) is 8.27. The van der Waals surface area contributed by atoms with Gasteiger partial charge in [0.2, 0.25) is 5.91 Å². The molecule has 0 spiro atoms. The predicted octanol–water partition coefficient (Wildman–Crippen LogP) is 1.58. The van der Waals surface area contributed by atoms with Gasteiger partial charge < -0.3 is 15.1 Å². The van der Waals surface area contributed by atoms with E-state index in [1.165, 1.54) is 4.90 Å². The molecule has 1 aliphatic rings. The maximum atomic E-state index is 11.8. The van der Waals surface area contributed by atoms with Crippen molar-refractivity contribution in [3.8, 4) is 0 Å². The number of likely N-dealkylation sites (tertiary alicyclic amines) is 1. The van der Waals surface area contributed by atoms with Crippen LogP contribution in [-0.2, 0) is 11.3 Å². The molecule has 1 fully saturated rings. The minimum atomic E-state index is -0.936. The van der Waals surface area contributed by atoms with E-state index in [0.717, 1.165) is 18.5 Å². The molecule has 2 N–H and O–H groups in total. The van der Waals surface area contributed by atoms with E-state index in [0.29, 0.717) is 37.9 Å². The minimum absolute atomic E-state index is 0.0109. The van der Waals surface area contributed by atoms with Gasteiger partial charge >= 0.3 is 5.97 Å². The summed E-state index contributed by atoms with van der Waals surface area (Å²) in [6.07, 6.45) is 2.26. The highest BCUT2D eigenvalue weighted by molar-refractivity contribution is 5.89. The number of benzene rings is 1. The molecular formula is C18H26N2O4. The van der Waals surface area contributed by atoms with Crippen molar-refractivity contribution in [1.82, 2.24) is 9.80 Å². The molecule has 0 aromatic heterocycles. The monoisotopic (exact) mass is 334 g/mol. The summed E-state index contributed by atoms with van der Waals surface area (Å²) in [4.78, 5) is 26.7. The first kappa shape index (κ1) is 18.4. The Labute approximate surface area is 142 Å². The molecule has 6 heteroatoms. The topological polar surface area (TPSA) is 81.1 Å². The summed E-state index contributed by atoms with van der Waals surface area (Å²) >= 11 is 0. The fourth-order valence-corrected chi connectivity index (χ4v) is 3.22. The molecule has 1 saturated heterocycles. The number of carboxylic acids is 1. The van der Waals surface area contributed by atoms with Gasteiger partial charge in [-0.25, -0.2) is 4.79 Å². The molecule has 6 nitrogen and oxygen atoms in total. The molecule has 24 heavy (non-hydrogen) atoms. The third-order valence-corrected chi connectivity index (χ3v) is 4.58. The van der Waals surface area contributed by atoms with Gasteiger partial charge in [0.05, 0.1) is 11.2 Å². The van der Waals surface area contributed by atoms with Gasteiger partial charge in [-0.1, -0.05) is 18.2 Å². The zero-order valence-electron chi connectivity index (χ0n) is 14.4. The molecule has 0 unspecified atom stereocenters. The van der Waals surface area contributed by atoms with Gasteiger partial charge in [-0.3, -0.25) is 9.69 Å². The lowest BCUT2D eigenvalue weighted by molar-refractivity contribution is -0.130. The van der Waals surface area contributed by atoms with Crippen LogP contribution in [0.5, 0.6) is 0 Å². The number of rotatable bonds is 6. The Kier molecular flexibility index (Phi) is 5.96. The van der Waals surface area contributed by atoms with Crippen LogP contribution in [0.25, 0.3) is 0 Å². The van der Waals surface area contributed by atoms with E-state index in [-0.39, 0.29) is 5.91 Å². The number of carbonyl (C=O) groups is 2. The number of aromatic carboxylic acids is 1. The normalized spacial score (nSPS) is 21.5. The number of piperidine rings is 1. The Balaban J connectivity index is 2.00. The van der Waals surface area contributed by atoms with Crippen LogP contribution >= 0.6 is 0 Å². The molecule has 2 rings (SSSR count). The van der Waals surface area contributed by atoms with E-state index in [2.05, 4.69) is 4.90 Å². The van der Waals surface area contributed by atoms with E-state index in [9.17, 15) is 19.8 Å². The summed E-state index contributed by atoms with van der Waals surface area (Å²) < 4.78 is 0. The number of nitrogens with zero attached hydrogens (tertiary/aromatic N) is 2. The first-order chi connectivity index (χ1) is 11.3. The van der Waals surface area contributed by atoms with Crippen molar-refractivity contribution in [3.63, 3.8) is 0 Å². The maximum Gasteiger partial charge on any atom is 0.336 e. The molecule has 1 aromatic rings. The summed E-state index contributed by atoms with van der Waals surface area (Å²) in [7, 11) is 3.42. The number of hydrogen-bond donors (Lipinski definition) is 2. The van der Waals surface area contributed by atoms with E-state index in [1.807, 2.05) is 12.1 Å². The van der Waals surface area contributed by atoms with Crippen LogP contribution in [0.15, 0.2) is 24.3 Å². The van der Waals surface area contributed by atoms with Gasteiger partial charge in [0.25, 0.3) is 0 Å². The molecule has 132 valence electrons. The Morgan fingerprint density at radius 3 is 2.67 bits per heavy atom. The van der Waals surface area contributed by atoms with Crippen molar-refractivity contribution < 1.29 is 19.8 Å². The van der Waals surface area contributed by atoms with Crippen LogP contribution in [0.3, 0.4) is 0 Å². The lowest BCUT2D eigenvalue weighted by Gasteiger charge is -2.39. The molecule has 0 aliphatic carbocycles. The van der Waals surface area contributed by atoms with Crippen molar-refractivity contribution in [2.75, 3.05) is 27.2 Å². The van der Waals surface area contributed by atoms with Crippen molar-refractivity contribution >= 4 is 11.9 Å². The van der Waals surface area contributed by atoms with Crippen LogP contribution < -0.4 is 0 Å². The molecule has 1 aliphatic heterocycles. The average molecular weight is 334 g/mol. The molecular weight excluding hydrogens is 308 g/mol. The molecule has 0 saturated carbocycles. The standard InChI is InChI=1S/C18H26N2O4/c1-19(2)16(21)8-10-18(24)9-5-11-20(13-18)12-14-6-3-4-7-15(14)17(22)23/h3-4,6-7,24H,5,8-13H2,1-2H3,(H,22,23)/t18-/m1/s1. The molecule has 0 bridgehead atoms. The van der Waals surface area contributed by atoms with Crippen LogP contribution in [0.4, 0.5) is 0 Å². The van der Waals surface area contributed by atoms with Crippen molar-refractivity contribution in [1.29, 1.82) is 0 Å². The highest BCUT2D eigenvalue weighted by atomic mass is 16.4. The lowest BCUT2D eigenvalue weighted by Crippen LogP contribution is -2.48. The summed E-state index contributed by atoms with van der Waals surface area (Å²) in [5, 5.41) is 20.1. The second-order valence-corrected chi connectivity index (χ2v) is 6.79. The van der Waals surface area contributed by atoms with Gasteiger partial charge in [-0.05, 0) is 37.4 Å². The molecule has 1 amide bonds. The summed E-state index contributed by atoms with van der Waals surface area (Å²) in [5.74, 6) is -0.925. The molecule has 1 heterocycles. The Morgan fingerprint density at radius 2 is 2.00 bits per heavy atom. The molecule has 1 aromatic carbocycles. The fourth-order valence-electron chi connectivity index (χ4n) is 3.22. The Hall–Kier alpha value is -1.92. The van der Waals surface area contributed by atoms with Gasteiger partial charge in [0.15, 0.2) is 0 Å². The van der Waals surface area contributed by atoms with Crippen molar-refractivity contribution in [2.24, 2.45) is 0 Å². The number of β-amino-alcohol motifs (C(OH)–C–C–N with tert-alkyl or cyclic N) is 1. The van der Waals surface area contributed by atoms with E-state index in [4.69, 9.17) is 0 Å². The van der Waals surface area contributed by atoms with E-state index >= 15 is 0 Å². The highest BCUT2D eigenvalue weighted by Gasteiger charge is 2.33. The number of hydrogen-bond acceptors (Lipinski definition) is 4. The smallest absolute Gasteiger partial charge is 0.336 e. The minimum Gasteiger partial charge on any atom is -0.478 e. The van der Waals surface area contributed by atoms with Gasteiger partial charge in [-0.2, -0.15) is 0 Å². The largest absolute Gasteiger partial charge is 0.478 e. The van der Waals surface area contributed by atoms with Crippen LogP contribution in [0.1, 0.15) is 41.6 Å². The zero-order valence-corrected chi connectivity index (χ0v) is 14.4.